The van der Waals surface area contributed by atoms with Crippen molar-refractivity contribution in [2.24, 2.45) is 0 Å². The molecule has 0 aliphatic carbocycles. The highest BCUT2D eigenvalue weighted by Gasteiger charge is 2.36. The van der Waals surface area contributed by atoms with E-state index in [1.165, 1.54) is 0 Å². The number of benzene rings is 2. The van der Waals surface area contributed by atoms with E-state index >= 15 is 0 Å². The molecule has 7 heteroatoms. The minimum atomic E-state index is -0.569. The van der Waals surface area contributed by atoms with Crippen LogP contribution in [0.1, 0.15) is 40.9 Å². The summed E-state index contributed by atoms with van der Waals surface area (Å²) in [6.45, 7) is 4.34. The van der Waals surface area contributed by atoms with Crippen molar-refractivity contribution in [2.45, 2.75) is 26.2 Å². The number of fused-ring (bicyclic) bond motifs is 1. The van der Waals surface area contributed by atoms with Crippen molar-refractivity contribution < 1.29 is 14.3 Å². The molecule has 0 saturated carbocycles. The first-order valence-corrected chi connectivity index (χ1v) is 10.2. The summed E-state index contributed by atoms with van der Waals surface area (Å²) < 4.78 is 8.08. The van der Waals surface area contributed by atoms with E-state index < -0.39 is 5.92 Å². The van der Waals surface area contributed by atoms with E-state index in [0.717, 1.165) is 21.4 Å². The number of Topliss-reactive ketones (excluding diaryl/α,β-unsaturated/α-hetero) is 1. The molecule has 148 valence electrons. The van der Waals surface area contributed by atoms with Gasteiger partial charge in [0.1, 0.15) is 11.6 Å². The van der Waals surface area contributed by atoms with Crippen molar-refractivity contribution in [1.82, 2.24) is 9.78 Å². The van der Waals surface area contributed by atoms with Crippen molar-refractivity contribution in [3.63, 3.8) is 0 Å². The van der Waals surface area contributed by atoms with E-state index in [0.29, 0.717) is 23.7 Å². The number of nitrogens with one attached hydrogen (secondary N) is 1. The van der Waals surface area contributed by atoms with Gasteiger partial charge < -0.3 is 10.1 Å². The molecule has 4 rings (SSSR count). The normalized spacial score (nSPS) is 15.6. The fourth-order valence-corrected chi connectivity index (χ4v) is 3.89. The lowest BCUT2D eigenvalue weighted by Crippen LogP contribution is -2.28. The quantitative estimate of drug-likeness (QED) is 0.570. The number of halogens is 1. The highest BCUT2D eigenvalue weighted by atomic mass is 79.9. The van der Waals surface area contributed by atoms with Crippen LogP contribution in [0, 0.1) is 6.92 Å². The molecule has 1 aromatic heterocycles. The Hall–Kier alpha value is -2.93. The third-order valence-electron chi connectivity index (χ3n) is 4.94. The van der Waals surface area contributed by atoms with Gasteiger partial charge in [0.15, 0.2) is 5.78 Å². The Morgan fingerprint density at radius 3 is 2.55 bits per heavy atom. The molecular formula is C22H20BrN3O3. The van der Waals surface area contributed by atoms with Crippen LogP contribution < -0.4 is 10.1 Å². The van der Waals surface area contributed by atoms with Gasteiger partial charge in [-0.15, -0.1) is 0 Å². The van der Waals surface area contributed by atoms with E-state index in [-0.39, 0.29) is 18.1 Å². The standard InChI is InChI=1S/C22H20BrN3O3/c1-3-29-17-10-4-14(5-11-17)21(28)18-12-19(27)24-22-20(18)13(2)25-26(22)16-8-6-15(23)7-9-16/h4-11,18H,3,12H2,1-2H3,(H,24,27). The second-order valence-electron chi connectivity index (χ2n) is 6.86. The Morgan fingerprint density at radius 2 is 1.90 bits per heavy atom. The van der Waals surface area contributed by atoms with Crippen molar-refractivity contribution in [3.05, 3.63) is 69.8 Å². The number of anilines is 1. The highest BCUT2D eigenvalue weighted by molar-refractivity contribution is 9.10. The van der Waals surface area contributed by atoms with Crippen LogP contribution >= 0.6 is 15.9 Å². The lowest BCUT2D eigenvalue weighted by Gasteiger charge is -2.23. The maximum absolute atomic E-state index is 13.3. The number of amides is 1. The number of aryl methyl sites for hydroxylation is 1. The van der Waals surface area contributed by atoms with Crippen molar-refractivity contribution in [1.29, 1.82) is 0 Å². The van der Waals surface area contributed by atoms with Gasteiger partial charge in [-0.3, -0.25) is 9.59 Å². The SMILES string of the molecule is CCOc1ccc(C(=O)C2CC(=O)Nc3c2c(C)nn3-c2ccc(Br)cc2)cc1. The van der Waals surface area contributed by atoms with Gasteiger partial charge in [0.05, 0.1) is 23.9 Å². The Balaban J connectivity index is 1.73. The molecule has 1 N–H and O–H groups in total. The van der Waals surface area contributed by atoms with Crippen molar-refractivity contribution in [3.8, 4) is 11.4 Å². The number of nitrogens with zero attached hydrogens (tertiary/aromatic N) is 2. The number of carbonyl (C=O) groups excluding carboxylic acids is 2. The van der Waals surface area contributed by atoms with E-state index in [1.54, 1.807) is 28.9 Å². The molecule has 2 aromatic carbocycles. The molecule has 0 spiro atoms. The summed E-state index contributed by atoms with van der Waals surface area (Å²) in [6, 6.07) is 14.7. The van der Waals surface area contributed by atoms with Crippen LogP contribution in [-0.4, -0.2) is 28.1 Å². The molecule has 1 unspecified atom stereocenters. The summed E-state index contributed by atoms with van der Waals surface area (Å²) in [5.74, 6) is 0.416. The Kier molecular flexibility index (Phi) is 5.24. The van der Waals surface area contributed by atoms with Gasteiger partial charge in [-0.1, -0.05) is 15.9 Å². The molecule has 0 radical (unpaired) electrons. The van der Waals surface area contributed by atoms with Gasteiger partial charge in [-0.25, -0.2) is 4.68 Å². The van der Waals surface area contributed by atoms with Crippen LogP contribution in [-0.2, 0) is 4.79 Å². The van der Waals surface area contributed by atoms with E-state index in [2.05, 4.69) is 26.3 Å². The Labute approximate surface area is 177 Å². The number of hydrogen-bond acceptors (Lipinski definition) is 4. The van der Waals surface area contributed by atoms with Crippen LogP contribution in [0.15, 0.2) is 53.0 Å². The zero-order valence-electron chi connectivity index (χ0n) is 16.1. The minimum Gasteiger partial charge on any atom is -0.494 e. The molecular weight excluding hydrogens is 434 g/mol. The second-order valence-corrected chi connectivity index (χ2v) is 7.78. The first-order valence-electron chi connectivity index (χ1n) is 9.40. The van der Waals surface area contributed by atoms with Crippen LogP contribution in [0.5, 0.6) is 5.75 Å². The Morgan fingerprint density at radius 1 is 1.21 bits per heavy atom. The number of ether oxygens (including phenoxy) is 1. The van der Waals surface area contributed by atoms with Crippen molar-refractivity contribution in [2.75, 3.05) is 11.9 Å². The van der Waals surface area contributed by atoms with Gasteiger partial charge >= 0.3 is 0 Å². The fraction of sp³-hybridized carbons (Fsp3) is 0.227. The van der Waals surface area contributed by atoms with Crippen LogP contribution in [0.4, 0.5) is 5.82 Å². The van der Waals surface area contributed by atoms with Crippen LogP contribution in [0.25, 0.3) is 5.69 Å². The number of aromatic nitrogens is 2. The smallest absolute Gasteiger partial charge is 0.226 e. The molecule has 6 nitrogen and oxygen atoms in total. The van der Waals surface area contributed by atoms with Gasteiger partial charge in [0, 0.05) is 22.0 Å². The number of hydrogen-bond donors (Lipinski definition) is 1. The molecule has 2 heterocycles. The summed E-state index contributed by atoms with van der Waals surface area (Å²) >= 11 is 3.42. The first-order chi connectivity index (χ1) is 14.0. The molecule has 1 aliphatic heterocycles. The van der Waals surface area contributed by atoms with Crippen LogP contribution in [0.2, 0.25) is 0 Å². The minimum absolute atomic E-state index is 0.0948. The summed E-state index contributed by atoms with van der Waals surface area (Å²) in [6.07, 6.45) is 0.103. The summed E-state index contributed by atoms with van der Waals surface area (Å²) in [4.78, 5) is 25.7. The molecule has 29 heavy (non-hydrogen) atoms. The predicted octanol–water partition coefficient (Wildman–Crippen LogP) is 4.65. The largest absolute Gasteiger partial charge is 0.494 e. The predicted molar refractivity (Wildman–Crippen MR) is 114 cm³/mol. The fourth-order valence-electron chi connectivity index (χ4n) is 3.62. The maximum atomic E-state index is 13.3. The summed E-state index contributed by atoms with van der Waals surface area (Å²) in [5.41, 5.74) is 2.86. The molecule has 1 aliphatic rings. The van der Waals surface area contributed by atoms with Gasteiger partial charge in [0.25, 0.3) is 0 Å². The number of carbonyl (C=O) groups is 2. The third kappa shape index (κ3) is 3.70. The number of rotatable bonds is 5. The number of ketones is 1. The molecule has 0 saturated heterocycles. The molecule has 0 fully saturated rings. The lowest BCUT2D eigenvalue weighted by atomic mass is 9.85. The van der Waals surface area contributed by atoms with Gasteiger partial charge in [0.2, 0.25) is 5.91 Å². The highest BCUT2D eigenvalue weighted by Crippen LogP contribution is 2.38. The van der Waals surface area contributed by atoms with Crippen LogP contribution in [0.3, 0.4) is 0 Å². The van der Waals surface area contributed by atoms with Gasteiger partial charge in [-0.05, 0) is 62.4 Å². The maximum Gasteiger partial charge on any atom is 0.226 e. The monoisotopic (exact) mass is 453 g/mol. The third-order valence-corrected chi connectivity index (χ3v) is 5.47. The average Bonchev–Trinajstić information content (AvgIpc) is 3.04. The zero-order chi connectivity index (χ0) is 20.5. The topological polar surface area (TPSA) is 73.2 Å². The van der Waals surface area contributed by atoms with E-state index in [9.17, 15) is 9.59 Å². The van der Waals surface area contributed by atoms with Gasteiger partial charge in [-0.2, -0.15) is 5.10 Å². The Bertz CT molecular complexity index is 1070. The molecule has 1 amide bonds. The van der Waals surface area contributed by atoms with Crippen molar-refractivity contribution >= 4 is 33.4 Å². The first kappa shape index (κ1) is 19.4. The molecule has 0 bridgehead atoms. The second kappa shape index (κ2) is 7.83. The average molecular weight is 454 g/mol. The van der Waals surface area contributed by atoms with E-state index in [4.69, 9.17) is 4.74 Å². The summed E-state index contributed by atoms with van der Waals surface area (Å²) in [5, 5.41) is 7.51. The lowest BCUT2D eigenvalue weighted by molar-refractivity contribution is -0.116. The zero-order valence-corrected chi connectivity index (χ0v) is 17.7. The molecule has 3 aromatic rings. The van der Waals surface area contributed by atoms with E-state index in [1.807, 2.05) is 38.1 Å². The molecule has 1 atom stereocenters. The summed E-state index contributed by atoms with van der Waals surface area (Å²) in [7, 11) is 0.